The number of aromatic nitrogens is 4. The third-order valence-corrected chi connectivity index (χ3v) is 10.4. The van der Waals surface area contributed by atoms with Crippen LogP contribution in [0.15, 0.2) is 55.0 Å². The molecule has 5 heterocycles. The van der Waals surface area contributed by atoms with E-state index in [0.717, 1.165) is 97.0 Å². The molecular formula is C36H39N9O4. The Kier molecular flexibility index (Phi) is 8.06. The van der Waals surface area contributed by atoms with Crippen molar-refractivity contribution < 1.29 is 19.2 Å². The number of carbonyl (C=O) groups excluding carboxylic acids is 4. The summed E-state index contributed by atoms with van der Waals surface area (Å²) in [6.07, 6.45) is 10.3. The summed E-state index contributed by atoms with van der Waals surface area (Å²) in [5.74, 6) is -1.37. The zero-order valence-corrected chi connectivity index (χ0v) is 27.5. The fourth-order valence-electron chi connectivity index (χ4n) is 7.49. The minimum atomic E-state index is -0.964. The van der Waals surface area contributed by atoms with E-state index in [1.165, 1.54) is 0 Å². The van der Waals surface area contributed by atoms with Gasteiger partial charge in [-0.3, -0.25) is 39.1 Å². The number of fused-ring (bicyclic) bond motifs is 2. The molecule has 1 atom stereocenters. The van der Waals surface area contributed by atoms with Crippen LogP contribution in [0.25, 0.3) is 22.3 Å². The fraction of sp³-hybridized carbons (Fsp3) is 0.417. The van der Waals surface area contributed by atoms with Crippen LogP contribution in [0.1, 0.15) is 65.3 Å². The molecule has 49 heavy (non-hydrogen) atoms. The van der Waals surface area contributed by atoms with E-state index < -0.39 is 23.8 Å². The lowest BCUT2D eigenvalue weighted by atomic mass is 9.77. The molecule has 0 bridgehead atoms. The van der Waals surface area contributed by atoms with Gasteiger partial charge in [-0.15, -0.1) is 0 Å². The van der Waals surface area contributed by atoms with Crippen LogP contribution in [0.3, 0.4) is 0 Å². The van der Waals surface area contributed by atoms with Gasteiger partial charge in [0.2, 0.25) is 11.8 Å². The minimum Gasteiger partial charge on any atom is -0.385 e. The van der Waals surface area contributed by atoms with Gasteiger partial charge in [0, 0.05) is 56.6 Å². The van der Waals surface area contributed by atoms with E-state index in [-0.39, 0.29) is 29.9 Å². The van der Waals surface area contributed by atoms with Gasteiger partial charge < -0.3 is 15.1 Å². The lowest BCUT2D eigenvalue weighted by Gasteiger charge is -2.35. The molecule has 0 radical (unpaired) electrons. The highest BCUT2D eigenvalue weighted by Gasteiger charge is 2.44. The molecule has 1 aliphatic carbocycles. The van der Waals surface area contributed by atoms with Crippen LogP contribution in [0.4, 0.5) is 11.4 Å². The van der Waals surface area contributed by atoms with Gasteiger partial charge in [-0.2, -0.15) is 5.10 Å². The van der Waals surface area contributed by atoms with Crippen LogP contribution in [-0.4, -0.2) is 99.0 Å². The second-order valence-electron chi connectivity index (χ2n) is 13.7. The summed E-state index contributed by atoms with van der Waals surface area (Å²) in [6.45, 7) is 4.79. The number of hydrogen-bond acceptors (Lipinski definition) is 10. The van der Waals surface area contributed by atoms with E-state index in [2.05, 4.69) is 55.6 Å². The molecule has 13 heteroatoms. The Morgan fingerprint density at radius 2 is 1.78 bits per heavy atom. The van der Waals surface area contributed by atoms with E-state index in [4.69, 9.17) is 9.97 Å². The number of para-hydroxylation sites is 1. The molecule has 13 nitrogen and oxygen atoms in total. The molecule has 4 aromatic rings. The predicted molar refractivity (Wildman–Crippen MR) is 183 cm³/mol. The first kappa shape index (κ1) is 31.1. The molecule has 1 saturated carbocycles. The minimum absolute atomic E-state index is 0.0975. The maximum absolute atomic E-state index is 13.1. The molecule has 252 valence electrons. The molecule has 4 aliphatic rings. The van der Waals surface area contributed by atoms with Crippen molar-refractivity contribution in [3.8, 4) is 11.3 Å². The monoisotopic (exact) mass is 661 g/mol. The first-order valence-electron chi connectivity index (χ1n) is 17.2. The Hall–Kier alpha value is -5.17. The first-order chi connectivity index (χ1) is 23.8. The van der Waals surface area contributed by atoms with Gasteiger partial charge in [-0.05, 0) is 75.4 Å². The number of benzene rings is 2. The highest BCUT2D eigenvalue weighted by atomic mass is 16.2. The molecule has 1 unspecified atom stereocenters. The smallest absolute Gasteiger partial charge is 0.262 e. The van der Waals surface area contributed by atoms with Crippen molar-refractivity contribution in [2.24, 2.45) is 5.92 Å². The zero-order valence-electron chi connectivity index (χ0n) is 27.5. The lowest BCUT2D eigenvalue weighted by Crippen LogP contribution is -2.54. The second-order valence-corrected chi connectivity index (χ2v) is 13.7. The van der Waals surface area contributed by atoms with Crippen molar-refractivity contribution in [2.45, 2.75) is 50.6 Å². The number of piperazine rings is 1. The molecule has 3 aliphatic heterocycles. The maximum atomic E-state index is 13.1. The molecule has 0 spiro atoms. The summed E-state index contributed by atoms with van der Waals surface area (Å²) in [5, 5.41) is 10.3. The molecule has 2 aromatic heterocycles. The van der Waals surface area contributed by atoms with Gasteiger partial charge in [0.05, 0.1) is 46.5 Å². The Morgan fingerprint density at radius 3 is 2.59 bits per heavy atom. The van der Waals surface area contributed by atoms with Crippen LogP contribution in [0, 0.1) is 5.92 Å². The van der Waals surface area contributed by atoms with Gasteiger partial charge >= 0.3 is 0 Å². The van der Waals surface area contributed by atoms with Gasteiger partial charge in [-0.25, -0.2) is 4.98 Å². The summed E-state index contributed by atoms with van der Waals surface area (Å²) in [4.78, 5) is 65.4. The number of carbonyl (C=O) groups is 4. The average molecular weight is 662 g/mol. The van der Waals surface area contributed by atoms with Crippen molar-refractivity contribution >= 4 is 46.0 Å². The van der Waals surface area contributed by atoms with Gasteiger partial charge in [0.1, 0.15) is 11.6 Å². The Morgan fingerprint density at radius 1 is 0.959 bits per heavy atom. The van der Waals surface area contributed by atoms with E-state index in [9.17, 15) is 19.2 Å². The van der Waals surface area contributed by atoms with Crippen LogP contribution in [0.5, 0.6) is 0 Å². The van der Waals surface area contributed by atoms with Crippen molar-refractivity contribution in [1.29, 1.82) is 0 Å². The van der Waals surface area contributed by atoms with Crippen LogP contribution in [-0.2, 0) is 9.59 Å². The van der Waals surface area contributed by atoms with E-state index >= 15 is 0 Å². The molecule has 3 fully saturated rings. The van der Waals surface area contributed by atoms with Crippen LogP contribution < -0.4 is 15.5 Å². The van der Waals surface area contributed by atoms with Crippen molar-refractivity contribution in [3.05, 3.63) is 66.1 Å². The van der Waals surface area contributed by atoms with Crippen molar-refractivity contribution in [3.63, 3.8) is 0 Å². The number of nitrogens with zero attached hydrogens (tertiary/aromatic N) is 7. The van der Waals surface area contributed by atoms with Crippen LogP contribution in [0.2, 0.25) is 0 Å². The maximum Gasteiger partial charge on any atom is 0.262 e. The summed E-state index contributed by atoms with van der Waals surface area (Å²) in [5.41, 5.74) is 6.11. The topological polar surface area (TPSA) is 146 Å². The largest absolute Gasteiger partial charge is 0.385 e. The van der Waals surface area contributed by atoms with E-state index in [1.807, 2.05) is 18.5 Å². The quantitative estimate of drug-likeness (QED) is 0.202. The summed E-state index contributed by atoms with van der Waals surface area (Å²) >= 11 is 0. The highest BCUT2D eigenvalue weighted by molar-refractivity contribution is 6.23. The normalized spacial score (nSPS) is 22.8. The number of piperidine rings is 1. The number of hydrogen-bond donors (Lipinski definition) is 2. The first-order valence-corrected chi connectivity index (χ1v) is 17.2. The molecule has 2 N–H and O–H groups in total. The number of anilines is 2. The van der Waals surface area contributed by atoms with E-state index in [1.54, 1.807) is 18.2 Å². The molecular weight excluding hydrogens is 622 g/mol. The zero-order chi connectivity index (χ0) is 33.6. The van der Waals surface area contributed by atoms with Crippen molar-refractivity contribution in [2.75, 3.05) is 50.0 Å². The summed E-state index contributed by atoms with van der Waals surface area (Å²) in [7, 11) is 2.16. The number of likely N-dealkylation sites (N-methyl/N-ethyl adjacent to an activating group) is 1. The van der Waals surface area contributed by atoms with Crippen LogP contribution >= 0.6 is 0 Å². The third-order valence-electron chi connectivity index (χ3n) is 10.4. The molecule has 2 saturated heterocycles. The predicted octanol–water partition coefficient (Wildman–Crippen LogP) is 3.49. The average Bonchev–Trinajstić information content (AvgIpc) is 3.66. The summed E-state index contributed by atoms with van der Waals surface area (Å²) in [6, 6.07) is 10.8. The standard InChI is InChI=1S/C36H39N9O4/c1-42-12-14-43(15-13-42)30-6-2-5-28-33(30)38-20-29(40-28)23-19-39-44(21-23)25-16-22(17-25)4-3-11-37-24-7-8-26-27(18-24)36(49)45(35(26)48)31-9-10-32(46)41-34(31)47/h2,5-8,18-22,25,31,37H,3-4,9-17H2,1H3,(H,41,46,47)/t22-,25-,31?. The van der Waals surface area contributed by atoms with Gasteiger partial charge in [0.15, 0.2) is 0 Å². The number of imide groups is 2. The number of amides is 4. The Balaban J connectivity index is 0.818. The fourth-order valence-corrected chi connectivity index (χ4v) is 7.49. The molecule has 8 rings (SSSR count). The number of rotatable bonds is 9. The highest BCUT2D eigenvalue weighted by Crippen LogP contribution is 2.40. The molecule has 2 aromatic carbocycles. The second kappa shape index (κ2) is 12.7. The lowest BCUT2D eigenvalue weighted by molar-refractivity contribution is -0.136. The molecule has 4 amide bonds. The van der Waals surface area contributed by atoms with Gasteiger partial charge in [-0.1, -0.05) is 6.07 Å². The third kappa shape index (κ3) is 5.92. The Bertz CT molecular complexity index is 1960. The van der Waals surface area contributed by atoms with E-state index in [0.29, 0.717) is 12.0 Å². The summed E-state index contributed by atoms with van der Waals surface area (Å²) < 4.78 is 2.07. The van der Waals surface area contributed by atoms with Gasteiger partial charge in [0.25, 0.3) is 11.8 Å². The SMILES string of the molecule is CN1CCN(c2cccc3nc(-c4cnn([C@H]5C[C@H](CCCNc6ccc7c(c6)C(=O)N(C6CCC(=O)NC6=O)C7=O)C5)c4)cnc23)CC1. The van der Waals surface area contributed by atoms with Crippen molar-refractivity contribution in [1.82, 2.24) is 34.9 Å². The number of nitrogens with one attached hydrogen (secondary N) is 2. The Labute approximate surface area is 283 Å².